The van der Waals surface area contributed by atoms with Gasteiger partial charge < -0.3 is 14.5 Å². The maximum absolute atomic E-state index is 13.0. The summed E-state index contributed by atoms with van der Waals surface area (Å²) in [5.41, 5.74) is 2.51. The number of piperidine rings is 3. The van der Waals surface area contributed by atoms with E-state index < -0.39 is 0 Å². The molecule has 0 spiro atoms. The number of amides is 2. The Morgan fingerprint density at radius 1 is 1.03 bits per heavy atom. The number of halogens is 1. The van der Waals surface area contributed by atoms with Gasteiger partial charge >= 0.3 is 12.0 Å². The van der Waals surface area contributed by atoms with Crippen molar-refractivity contribution in [3.8, 4) is 0 Å². The number of carbonyl (C=O) groups is 2. The summed E-state index contributed by atoms with van der Waals surface area (Å²) in [7, 11) is 0. The van der Waals surface area contributed by atoms with Crippen LogP contribution in [0.5, 0.6) is 0 Å². The summed E-state index contributed by atoms with van der Waals surface area (Å²) in [5.74, 6) is -0.164. The third kappa shape index (κ3) is 5.72. The molecule has 31 heavy (non-hydrogen) atoms. The molecular weight excluding hydrogens is 414 g/mol. The van der Waals surface area contributed by atoms with Gasteiger partial charge in [0.05, 0.1) is 6.10 Å². The zero-order valence-electron chi connectivity index (χ0n) is 18.8. The molecule has 4 fully saturated rings. The Hall–Kier alpha value is -1.79. The summed E-state index contributed by atoms with van der Waals surface area (Å²) in [4.78, 5) is 31.2. The fourth-order valence-electron chi connectivity index (χ4n) is 5.08. The Labute approximate surface area is 192 Å². The van der Waals surface area contributed by atoms with Gasteiger partial charge in [0.2, 0.25) is 0 Å². The van der Waals surface area contributed by atoms with Gasteiger partial charge in [-0.2, -0.15) is 0 Å². The zero-order valence-corrected chi connectivity index (χ0v) is 19.7. The van der Waals surface area contributed by atoms with Gasteiger partial charge in [0.15, 0.2) is 0 Å². The number of carbonyl (C=O) groups excluding carboxylic acids is 2. The number of esters is 1. The molecule has 4 aliphatic heterocycles. The number of urea groups is 1. The summed E-state index contributed by atoms with van der Waals surface area (Å²) in [5, 5.41) is 0. The van der Waals surface area contributed by atoms with Gasteiger partial charge in [-0.25, -0.2) is 4.79 Å². The molecule has 6 nitrogen and oxygen atoms in total. The lowest BCUT2D eigenvalue weighted by atomic mass is 9.70. The van der Waals surface area contributed by atoms with E-state index in [1.54, 1.807) is 0 Å². The van der Waals surface area contributed by atoms with Gasteiger partial charge in [-0.1, -0.05) is 12.1 Å². The number of hydrogen-bond donors (Lipinski definition) is 0. The number of nitrogens with zero attached hydrogens (tertiary/aromatic N) is 3. The van der Waals surface area contributed by atoms with Crippen molar-refractivity contribution in [2.24, 2.45) is 5.41 Å². The van der Waals surface area contributed by atoms with E-state index in [9.17, 15) is 9.59 Å². The van der Waals surface area contributed by atoms with Crippen LogP contribution in [0, 0.1) is 5.41 Å². The maximum atomic E-state index is 13.0. The largest absolute Gasteiger partial charge is 0.463 e. The molecule has 4 aliphatic rings. The molecule has 1 aromatic carbocycles. The Kier molecular flexibility index (Phi) is 7.87. The van der Waals surface area contributed by atoms with Crippen molar-refractivity contribution < 1.29 is 14.3 Å². The highest BCUT2D eigenvalue weighted by atomic mass is 35.5. The molecule has 0 saturated carbocycles. The molecule has 0 N–H and O–H groups in total. The average Bonchev–Trinajstić information content (AvgIpc) is 3.12. The monoisotopic (exact) mass is 449 g/mol. The molecule has 1 aromatic rings. The Balaban J connectivity index is 0.00000272. The molecule has 5 rings (SSSR count). The molecule has 2 bridgehead atoms. The van der Waals surface area contributed by atoms with Gasteiger partial charge in [0.25, 0.3) is 0 Å². The molecule has 4 saturated heterocycles. The highest BCUT2D eigenvalue weighted by molar-refractivity contribution is 5.94. The van der Waals surface area contributed by atoms with Crippen molar-refractivity contribution in [3.63, 3.8) is 0 Å². The fourth-order valence-corrected chi connectivity index (χ4v) is 5.08. The van der Waals surface area contributed by atoms with Crippen LogP contribution in [-0.4, -0.2) is 67.2 Å². The molecule has 0 radical (unpaired) electrons. The van der Waals surface area contributed by atoms with Crippen LogP contribution in [0.25, 0.3) is 0 Å². The van der Waals surface area contributed by atoms with Crippen molar-refractivity contribution in [3.05, 3.63) is 29.8 Å². The van der Waals surface area contributed by atoms with Crippen LogP contribution >= 0.6 is 12.4 Å². The van der Waals surface area contributed by atoms with Crippen LogP contribution in [0.2, 0.25) is 0 Å². The van der Waals surface area contributed by atoms with Crippen LogP contribution in [0.3, 0.4) is 0 Å². The first-order chi connectivity index (χ1) is 14.4. The molecule has 4 heterocycles. The molecular formula is C24H36ClN3O3. The summed E-state index contributed by atoms with van der Waals surface area (Å²) in [6.45, 7) is 9.88. The molecule has 172 valence electrons. The van der Waals surface area contributed by atoms with Crippen molar-refractivity contribution in [1.82, 2.24) is 9.80 Å². The highest BCUT2D eigenvalue weighted by Crippen LogP contribution is 2.43. The van der Waals surface area contributed by atoms with Gasteiger partial charge in [-0.05, 0) is 88.7 Å². The number of rotatable bonds is 8. The van der Waals surface area contributed by atoms with E-state index in [1.807, 2.05) is 47.9 Å². The van der Waals surface area contributed by atoms with E-state index >= 15 is 0 Å². The van der Waals surface area contributed by atoms with Crippen molar-refractivity contribution in [2.75, 3.05) is 44.2 Å². The van der Waals surface area contributed by atoms with Gasteiger partial charge in [0.1, 0.15) is 0 Å². The molecule has 0 atom stereocenters. The second-order valence-corrected chi connectivity index (χ2v) is 9.47. The summed E-state index contributed by atoms with van der Waals surface area (Å²) in [6, 6.07) is 8.17. The van der Waals surface area contributed by atoms with E-state index in [1.165, 1.54) is 38.9 Å². The number of fused-ring (bicyclic) bond motifs is 3. The summed E-state index contributed by atoms with van der Waals surface area (Å²) >= 11 is 0. The Morgan fingerprint density at radius 3 is 2.29 bits per heavy atom. The third-order valence-corrected chi connectivity index (χ3v) is 7.12. The first-order valence-electron chi connectivity index (χ1n) is 11.5. The highest BCUT2D eigenvalue weighted by Gasteiger charge is 2.40. The number of anilines is 1. The smallest absolute Gasteiger partial charge is 0.324 e. The minimum Gasteiger partial charge on any atom is -0.463 e. The lowest BCUT2D eigenvalue weighted by Crippen LogP contribution is -2.49. The molecule has 7 heteroatoms. The first-order valence-corrected chi connectivity index (χ1v) is 11.5. The van der Waals surface area contributed by atoms with Gasteiger partial charge in [-0.3, -0.25) is 9.69 Å². The Morgan fingerprint density at radius 2 is 1.68 bits per heavy atom. The van der Waals surface area contributed by atoms with Crippen molar-refractivity contribution >= 4 is 30.1 Å². The predicted molar refractivity (Wildman–Crippen MR) is 125 cm³/mol. The van der Waals surface area contributed by atoms with Crippen molar-refractivity contribution in [1.29, 1.82) is 0 Å². The lowest BCUT2D eigenvalue weighted by Gasteiger charge is -2.49. The van der Waals surface area contributed by atoms with Crippen LogP contribution < -0.4 is 4.90 Å². The van der Waals surface area contributed by atoms with Crippen LogP contribution in [-0.2, 0) is 16.0 Å². The zero-order chi connectivity index (χ0) is 21.1. The van der Waals surface area contributed by atoms with Crippen LogP contribution in [0.15, 0.2) is 24.3 Å². The summed E-state index contributed by atoms with van der Waals surface area (Å²) in [6.07, 6.45) is 6.00. The van der Waals surface area contributed by atoms with E-state index in [2.05, 4.69) is 4.90 Å². The first kappa shape index (κ1) is 23.9. The van der Waals surface area contributed by atoms with Gasteiger partial charge in [0, 0.05) is 31.7 Å². The van der Waals surface area contributed by atoms with E-state index in [-0.39, 0.29) is 30.5 Å². The minimum atomic E-state index is -0.164. The van der Waals surface area contributed by atoms with Crippen molar-refractivity contribution in [2.45, 2.75) is 58.5 Å². The second-order valence-electron chi connectivity index (χ2n) is 9.47. The molecule has 0 aromatic heterocycles. The number of ether oxygens (including phenoxy) is 1. The maximum Gasteiger partial charge on any atom is 0.324 e. The van der Waals surface area contributed by atoms with Gasteiger partial charge in [-0.15, -0.1) is 12.4 Å². The Bertz CT molecular complexity index is 746. The minimum absolute atomic E-state index is 0. The SMILES string of the molecule is CC(C)OC(=O)CCc1ccc(N2CCN(CCC34CCN(CC3)CC4)C2=O)cc1.Cl. The molecule has 0 unspecified atom stereocenters. The number of benzene rings is 1. The molecule has 0 aliphatic carbocycles. The van der Waals surface area contributed by atoms with E-state index in [0.717, 1.165) is 37.3 Å². The topological polar surface area (TPSA) is 53.1 Å². The quantitative estimate of drug-likeness (QED) is 0.560. The van der Waals surface area contributed by atoms with E-state index in [0.29, 0.717) is 18.3 Å². The standard InChI is InChI=1S/C24H35N3O3.ClH/c1-19(2)30-22(28)8-5-20-3-6-21(7-4-20)27-18-17-26(23(27)29)16-12-24-9-13-25(14-10-24)15-11-24;/h3-4,6-7,19H,5,8-18H2,1-2H3;1H. The third-order valence-electron chi connectivity index (χ3n) is 7.12. The normalized spacial score (nSPS) is 25.1. The lowest BCUT2D eigenvalue weighted by molar-refractivity contribution is -0.147. The van der Waals surface area contributed by atoms with E-state index in [4.69, 9.17) is 4.74 Å². The second kappa shape index (κ2) is 10.2. The predicted octanol–water partition coefficient (Wildman–Crippen LogP) is 4.11. The summed E-state index contributed by atoms with van der Waals surface area (Å²) < 4.78 is 5.19. The number of aryl methyl sites for hydroxylation is 1. The number of hydrogen-bond acceptors (Lipinski definition) is 4. The molecule has 2 amide bonds. The average molecular weight is 450 g/mol. The van der Waals surface area contributed by atoms with Crippen LogP contribution in [0.4, 0.5) is 10.5 Å². The van der Waals surface area contributed by atoms with Crippen LogP contribution in [0.1, 0.15) is 51.5 Å². The fraction of sp³-hybridized carbons (Fsp3) is 0.667.